The summed E-state index contributed by atoms with van der Waals surface area (Å²) < 4.78 is 11.0. The highest BCUT2D eigenvalue weighted by Crippen LogP contribution is 2.40. The molecule has 1 fully saturated rings. The molecule has 0 unspecified atom stereocenters. The van der Waals surface area contributed by atoms with Gasteiger partial charge in [0, 0.05) is 14.7 Å². The molecule has 82 valence electrons. The van der Waals surface area contributed by atoms with Crippen molar-refractivity contribution in [1.29, 1.82) is 0 Å². The average Bonchev–Trinajstić information content (AvgIpc) is 2.58. The van der Waals surface area contributed by atoms with Gasteiger partial charge in [0.25, 0.3) is 0 Å². The van der Waals surface area contributed by atoms with Crippen molar-refractivity contribution in [1.82, 2.24) is 0 Å². The van der Waals surface area contributed by atoms with E-state index in [4.69, 9.17) is 9.47 Å². The molecule has 0 amide bonds. The van der Waals surface area contributed by atoms with Gasteiger partial charge in [0.1, 0.15) is 0 Å². The number of hydrogen-bond donors (Lipinski definition) is 0. The number of carbonyl (C=O) groups excluding carboxylic acids is 1. The van der Waals surface area contributed by atoms with E-state index < -0.39 is 0 Å². The van der Waals surface area contributed by atoms with E-state index in [1.165, 1.54) is 12.0 Å². The second-order valence-corrected chi connectivity index (χ2v) is 5.48. The van der Waals surface area contributed by atoms with Crippen LogP contribution in [0.3, 0.4) is 0 Å². The Morgan fingerprint density at radius 3 is 2.87 bits per heavy atom. The monoisotopic (exact) mass is 290 g/mol. The first-order valence-electron chi connectivity index (χ1n) is 4.55. The molecule has 1 aliphatic rings. The molecule has 2 rings (SSSR count). The summed E-state index contributed by atoms with van der Waals surface area (Å²) in [5, 5.41) is 2.02. The third-order valence-corrected chi connectivity index (χ3v) is 4.49. The van der Waals surface area contributed by atoms with E-state index in [1.54, 1.807) is 11.3 Å². The van der Waals surface area contributed by atoms with Gasteiger partial charge in [0.15, 0.2) is 0 Å². The van der Waals surface area contributed by atoms with E-state index in [1.807, 2.05) is 5.38 Å². The summed E-state index contributed by atoms with van der Waals surface area (Å²) in [7, 11) is 1.42. The summed E-state index contributed by atoms with van der Waals surface area (Å²) in [6, 6.07) is 2.05. The number of thiophene rings is 1. The first kappa shape index (κ1) is 11.1. The van der Waals surface area contributed by atoms with Gasteiger partial charge >= 0.3 is 5.97 Å². The number of ether oxygens (including phenoxy) is 2. The van der Waals surface area contributed by atoms with E-state index in [2.05, 4.69) is 22.0 Å². The van der Waals surface area contributed by atoms with Gasteiger partial charge in [-0.2, -0.15) is 0 Å². The lowest BCUT2D eigenvalue weighted by Crippen LogP contribution is -2.47. The number of esters is 1. The average molecular weight is 291 g/mol. The summed E-state index contributed by atoms with van der Waals surface area (Å²) in [4.78, 5) is 12.5. The van der Waals surface area contributed by atoms with Gasteiger partial charge in [0.05, 0.1) is 32.2 Å². The van der Waals surface area contributed by atoms with Crippen molar-refractivity contribution >= 4 is 33.2 Å². The summed E-state index contributed by atoms with van der Waals surface area (Å²) in [5.41, 5.74) is -0.149. The second-order valence-electron chi connectivity index (χ2n) is 3.66. The molecule has 0 saturated carbocycles. The molecule has 15 heavy (non-hydrogen) atoms. The minimum absolute atomic E-state index is 0.149. The molecule has 2 heterocycles. The summed E-state index contributed by atoms with van der Waals surface area (Å²) in [6.45, 7) is 1.21. The first-order chi connectivity index (χ1) is 7.16. The van der Waals surface area contributed by atoms with Crippen LogP contribution in [0.15, 0.2) is 15.9 Å². The minimum Gasteiger partial charge on any atom is -0.469 e. The predicted octanol–water partition coefficient (Wildman–Crippen LogP) is 2.34. The zero-order valence-electron chi connectivity index (χ0n) is 8.29. The second kappa shape index (κ2) is 4.23. The van der Waals surface area contributed by atoms with Gasteiger partial charge in [-0.25, -0.2) is 0 Å². The molecule has 0 aromatic carbocycles. The first-order valence-corrected chi connectivity index (χ1v) is 6.23. The predicted molar refractivity (Wildman–Crippen MR) is 61.1 cm³/mol. The van der Waals surface area contributed by atoms with Gasteiger partial charge in [-0.15, -0.1) is 11.3 Å². The Kier molecular flexibility index (Phi) is 3.13. The van der Waals surface area contributed by atoms with Crippen LogP contribution < -0.4 is 0 Å². The Labute approximate surface area is 101 Å². The maximum atomic E-state index is 11.3. The Balaban J connectivity index is 2.18. The Hall–Kier alpha value is -0.390. The number of halogens is 1. The molecule has 0 spiro atoms. The Morgan fingerprint density at radius 2 is 2.47 bits per heavy atom. The van der Waals surface area contributed by atoms with Crippen LogP contribution in [0.2, 0.25) is 0 Å². The smallest absolute Gasteiger partial charge is 0.306 e. The molecule has 3 nitrogen and oxygen atoms in total. The molecule has 0 bridgehead atoms. The van der Waals surface area contributed by atoms with Crippen molar-refractivity contribution in [2.45, 2.75) is 11.8 Å². The lowest BCUT2D eigenvalue weighted by atomic mass is 9.81. The molecule has 0 atom stereocenters. The third kappa shape index (κ3) is 2.09. The minimum atomic E-state index is -0.178. The molecule has 1 aromatic heterocycles. The van der Waals surface area contributed by atoms with E-state index >= 15 is 0 Å². The molecule has 0 radical (unpaired) electrons. The fraction of sp³-hybridized carbons (Fsp3) is 0.500. The molecule has 1 saturated heterocycles. The highest BCUT2D eigenvalue weighted by atomic mass is 79.9. The van der Waals surface area contributed by atoms with Crippen molar-refractivity contribution in [2.24, 2.45) is 0 Å². The molecule has 1 aromatic rings. The van der Waals surface area contributed by atoms with Crippen molar-refractivity contribution in [3.05, 3.63) is 20.8 Å². The topological polar surface area (TPSA) is 35.5 Å². The lowest BCUT2D eigenvalue weighted by molar-refractivity contribution is -0.148. The van der Waals surface area contributed by atoms with Crippen LogP contribution in [0.1, 0.15) is 11.3 Å². The number of hydrogen-bond acceptors (Lipinski definition) is 4. The zero-order valence-corrected chi connectivity index (χ0v) is 10.7. The van der Waals surface area contributed by atoms with Crippen molar-refractivity contribution in [2.75, 3.05) is 20.3 Å². The van der Waals surface area contributed by atoms with Gasteiger partial charge in [-0.3, -0.25) is 4.79 Å². The largest absolute Gasteiger partial charge is 0.469 e. The summed E-state index contributed by atoms with van der Waals surface area (Å²) in [6.07, 6.45) is 0.399. The molecule has 0 N–H and O–H groups in total. The van der Waals surface area contributed by atoms with Crippen LogP contribution in [0.25, 0.3) is 0 Å². The standard InChI is InChI=1S/C10H11BrO3S/c1-13-9(12)3-10(5-14-6-10)8-2-7(11)4-15-8/h2,4H,3,5-6H2,1H3. The normalized spacial score (nSPS) is 18.3. The fourth-order valence-corrected chi connectivity index (χ4v) is 3.22. The van der Waals surface area contributed by atoms with Crippen LogP contribution in [0, 0.1) is 0 Å². The van der Waals surface area contributed by atoms with Crippen LogP contribution in [-0.4, -0.2) is 26.3 Å². The molecule has 5 heteroatoms. The maximum absolute atomic E-state index is 11.3. The van der Waals surface area contributed by atoms with E-state index in [0.717, 1.165) is 4.47 Å². The number of methoxy groups -OCH3 is 1. The van der Waals surface area contributed by atoms with Gasteiger partial charge in [-0.1, -0.05) is 0 Å². The van der Waals surface area contributed by atoms with Gasteiger partial charge in [-0.05, 0) is 22.0 Å². The summed E-state index contributed by atoms with van der Waals surface area (Å²) in [5.74, 6) is -0.178. The number of rotatable bonds is 3. The maximum Gasteiger partial charge on any atom is 0.306 e. The van der Waals surface area contributed by atoms with Crippen molar-refractivity contribution in [3.63, 3.8) is 0 Å². The molecular formula is C10H11BrO3S. The van der Waals surface area contributed by atoms with Crippen LogP contribution in [0.5, 0.6) is 0 Å². The van der Waals surface area contributed by atoms with E-state index in [-0.39, 0.29) is 11.4 Å². The Morgan fingerprint density at radius 1 is 1.73 bits per heavy atom. The number of carbonyl (C=O) groups is 1. The van der Waals surface area contributed by atoms with Crippen molar-refractivity contribution in [3.8, 4) is 0 Å². The summed E-state index contributed by atoms with van der Waals surface area (Å²) >= 11 is 5.06. The molecular weight excluding hydrogens is 280 g/mol. The third-order valence-electron chi connectivity index (χ3n) is 2.56. The van der Waals surface area contributed by atoms with Gasteiger partial charge < -0.3 is 9.47 Å². The van der Waals surface area contributed by atoms with E-state index in [9.17, 15) is 4.79 Å². The van der Waals surface area contributed by atoms with Crippen LogP contribution in [-0.2, 0) is 19.7 Å². The van der Waals surface area contributed by atoms with Crippen LogP contribution >= 0.6 is 27.3 Å². The highest BCUT2D eigenvalue weighted by Gasteiger charge is 2.43. The zero-order chi connectivity index (χ0) is 10.9. The Bertz CT molecular complexity index is 370. The quantitative estimate of drug-likeness (QED) is 0.802. The fourth-order valence-electron chi connectivity index (χ4n) is 1.62. The molecule has 1 aliphatic heterocycles. The van der Waals surface area contributed by atoms with Crippen LogP contribution in [0.4, 0.5) is 0 Å². The lowest BCUT2D eigenvalue weighted by Gasteiger charge is -2.39. The van der Waals surface area contributed by atoms with E-state index in [0.29, 0.717) is 19.6 Å². The van der Waals surface area contributed by atoms with Crippen molar-refractivity contribution < 1.29 is 14.3 Å². The highest BCUT2D eigenvalue weighted by molar-refractivity contribution is 9.10. The molecule has 0 aliphatic carbocycles. The van der Waals surface area contributed by atoms with Gasteiger partial charge in [0.2, 0.25) is 0 Å². The SMILES string of the molecule is COC(=O)CC1(c2cc(Br)cs2)COC1.